The van der Waals surface area contributed by atoms with Crippen LogP contribution in [0.25, 0.3) is 0 Å². The first-order valence-corrected chi connectivity index (χ1v) is 7.28. The molecule has 6 heteroatoms. The Morgan fingerprint density at radius 2 is 2.39 bits per heavy atom. The topological polar surface area (TPSA) is 66.3 Å². The van der Waals surface area contributed by atoms with E-state index in [1.54, 1.807) is 4.90 Å². The van der Waals surface area contributed by atoms with Crippen LogP contribution in [-0.4, -0.2) is 44.7 Å². The Morgan fingerprint density at radius 1 is 1.56 bits per heavy atom. The summed E-state index contributed by atoms with van der Waals surface area (Å²) in [5.41, 5.74) is 0.801. The van der Waals surface area contributed by atoms with Crippen LogP contribution in [-0.2, 0) is 6.42 Å². The Balaban J connectivity index is 2.16. The maximum absolute atomic E-state index is 12.5. The van der Waals surface area contributed by atoms with Crippen molar-refractivity contribution in [1.29, 1.82) is 0 Å². The van der Waals surface area contributed by atoms with Gasteiger partial charge in [-0.2, -0.15) is 0 Å². The molecule has 0 radical (unpaired) electrons. The molecule has 2 rings (SSSR count). The fourth-order valence-corrected chi connectivity index (χ4v) is 3.02. The average molecular weight is 269 g/mol. The molecule has 1 fully saturated rings. The molecule has 100 valence electrons. The Hall–Kier alpha value is -1.01. The summed E-state index contributed by atoms with van der Waals surface area (Å²) in [6.45, 7) is 2.83. The van der Waals surface area contributed by atoms with Gasteiger partial charge in [0.15, 0.2) is 0 Å². The molecule has 1 saturated heterocycles. The van der Waals surface area contributed by atoms with Gasteiger partial charge in [-0.3, -0.25) is 4.79 Å². The molecule has 1 aromatic rings. The molecule has 1 unspecified atom stereocenters. The Kier molecular flexibility index (Phi) is 4.66. The highest BCUT2D eigenvalue weighted by Gasteiger charge is 2.29. The zero-order valence-electron chi connectivity index (χ0n) is 10.6. The first-order chi connectivity index (χ1) is 8.77. The van der Waals surface area contributed by atoms with Gasteiger partial charge in [0, 0.05) is 6.54 Å². The van der Waals surface area contributed by atoms with Crippen LogP contribution in [0.15, 0.2) is 0 Å². The van der Waals surface area contributed by atoms with Gasteiger partial charge >= 0.3 is 0 Å². The molecular weight excluding hydrogens is 250 g/mol. The van der Waals surface area contributed by atoms with Crippen molar-refractivity contribution in [2.24, 2.45) is 0 Å². The molecule has 1 amide bonds. The number of rotatable bonds is 4. The van der Waals surface area contributed by atoms with E-state index in [-0.39, 0.29) is 18.6 Å². The monoisotopic (exact) mass is 269 g/mol. The third-order valence-electron chi connectivity index (χ3n) is 3.34. The molecular formula is C12H19N3O2S. The summed E-state index contributed by atoms with van der Waals surface area (Å²) in [5.74, 6) is -0.00722. The normalized spacial score (nSPS) is 20.1. The number of aliphatic hydroxyl groups excluding tert-OH is 1. The lowest BCUT2D eigenvalue weighted by Crippen LogP contribution is -2.45. The number of hydrogen-bond acceptors (Lipinski definition) is 5. The number of hydrogen-bond donors (Lipinski definition) is 1. The van der Waals surface area contributed by atoms with Crippen molar-refractivity contribution in [3.63, 3.8) is 0 Å². The van der Waals surface area contributed by atoms with Gasteiger partial charge in [-0.1, -0.05) is 17.8 Å². The molecule has 1 aliphatic heterocycles. The SMILES string of the molecule is CCCc1nnsc1C(=O)N1CCCCC1CO. The summed E-state index contributed by atoms with van der Waals surface area (Å²) in [5, 5.41) is 13.4. The van der Waals surface area contributed by atoms with Crippen LogP contribution < -0.4 is 0 Å². The summed E-state index contributed by atoms with van der Waals surface area (Å²) < 4.78 is 3.89. The van der Waals surface area contributed by atoms with Gasteiger partial charge in [0.05, 0.1) is 18.3 Å². The van der Waals surface area contributed by atoms with Crippen molar-refractivity contribution in [3.05, 3.63) is 10.6 Å². The Morgan fingerprint density at radius 3 is 3.11 bits per heavy atom. The number of piperidine rings is 1. The highest BCUT2D eigenvalue weighted by atomic mass is 32.1. The van der Waals surface area contributed by atoms with Gasteiger partial charge in [0.25, 0.3) is 5.91 Å². The molecule has 0 aliphatic carbocycles. The molecule has 1 N–H and O–H groups in total. The van der Waals surface area contributed by atoms with Crippen LogP contribution in [0, 0.1) is 0 Å². The molecule has 2 heterocycles. The van der Waals surface area contributed by atoms with Crippen LogP contribution in [0.4, 0.5) is 0 Å². The van der Waals surface area contributed by atoms with Crippen molar-refractivity contribution < 1.29 is 9.90 Å². The first kappa shape index (κ1) is 13.4. The third kappa shape index (κ3) is 2.70. The smallest absolute Gasteiger partial charge is 0.267 e. The molecule has 1 aromatic heterocycles. The quantitative estimate of drug-likeness (QED) is 0.899. The second-order valence-electron chi connectivity index (χ2n) is 4.63. The minimum atomic E-state index is -0.0390. The first-order valence-electron chi connectivity index (χ1n) is 6.51. The van der Waals surface area contributed by atoms with Crippen LogP contribution in [0.3, 0.4) is 0 Å². The Bertz CT molecular complexity index is 408. The number of aliphatic hydroxyl groups is 1. The molecule has 0 spiro atoms. The molecule has 0 bridgehead atoms. The zero-order valence-corrected chi connectivity index (χ0v) is 11.4. The van der Waals surface area contributed by atoms with Crippen molar-refractivity contribution in [2.45, 2.75) is 45.1 Å². The highest BCUT2D eigenvalue weighted by Crippen LogP contribution is 2.22. The maximum Gasteiger partial charge on any atom is 0.267 e. The number of aryl methyl sites for hydroxylation is 1. The second kappa shape index (κ2) is 6.24. The van der Waals surface area contributed by atoms with Crippen molar-refractivity contribution in [2.75, 3.05) is 13.2 Å². The zero-order chi connectivity index (χ0) is 13.0. The summed E-state index contributed by atoms with van der Waals surface area (Å²) >= 11 is 1.17. The highest BCUT2D eigenvalue weighted by molar-refractivity contribution is 7.08. The van der Waals surface area contributed by atoms with E-state index in [1.165, 1.54) is 11.5 Å². The number of carbonyl (C=O) groups excluding carboxylic acids is 1. The van der Waals surface area contributed by atoms with Crippen LogP contribution in [0.1, 0.15) is 48.0 Å². The lowest BCUT2D eigenvalue weighted by atomic mass is 10.0. The van der Waals surface area contributed by atoms with E-state index in [4.69, 9.17) is 0 Å². The lowest BCUT2D eigenvalue weighted by Gasteiger charge is -2.34. The van der Waals surface area contributed by atoms with Gasteiger partial charge in [-0.05, 0) is 37.2 Å². The predicted molar refractivity (Wildman–Crippen MR) is 69.7 cm³/mol. The maximum atomic E-state index is 12.5. The number of nitrogens with zero attached hydrogens (tertiary/aromatic N) is 3. The Labute approximate surface area is 111 Å². The minimum absolute atomic E-state index is 0.00722. The number of aromatic nitrogens is 2. The fraction of sp³-hybridized carbons (Fsp3) is 0.750. The van der Waals surface area contributed by atoms with Gasteiger partial charge in [0.2, 0.25) is 0 Å². The molecule has 1 atom stereocenters. The van der Waals surface area contributed by atoms with E-state index in [0.717, 1.165) is 44.3 Å². The van der Waals surface area contributed by atoms with Crippen molar-refractivity contribution in [1.82, 2.24) is 14.5 Å². The summed E-state index contributed by atoms with van der Waals surface area (Å²) in [6, 6.07) is -0.0390. The van der Waals surface area contributed by atoms with Crippen LogP contribution >= 0.6 is 11.5 Å². The van der Waals surface area contributed by atoms with Crippen LogP contribution in [0.2, 0.25) is 0 Å². The van der Waals surface area contributed by atoms with E-state index in [2.05, 4.69) is 16.5 Å². The minimum Gasteiger partial charge on any atom is -0.394 e. The van der Waals surface area contributed by atoms with E-state index in [0.29, 0.717) is 4.88 Å². The van der Waals surface area contributed by atoms with Gasteiger partial charge in [-0.25, -0.2) is 0 Å². The average Bonchev–Trinajstić information content (AvgIpc) is 2.86. The summed E-state index contributed by atoms with van der Waals surface area (Å²) in [6.07, 6.45) is 4.72. The fourth-order valence-electron chi connectivity index (χ4n) is 2.36. The molecule has 0 saturated carbocycles. The predicted octanol–water partition coefficient (Wildman–Crippen LogP) is 1.48. The lowest BCUT2D eigenvalue weighted by molar-refractivity contribution is 0.0506. The molecule has 5 nitrogen and oxygen atoms in total. The van der Waals surface area contributed by atoms with Gasteiger partial charge < -0.3 is 10.0 Å². The largest absolute Gasteiger partial charge is 0.394 e. The van der Waals surface area contributed by atoms with E-state index in [1.807, 2.05) is 0 Å². The summed E-state index contributed by atoms with van der Waals surface area (Å²) in [7, 11) is 0. The molecule has 18 heavy (non-hydrogen) atoms. The van der Waals surface area contributed by atoms with E-state index >= 15 is 0 Å². The van der Waals surface area contributed by atoms with Crippen LogP contribution in [0.5, 0.6) is 0 Å². The van der Waals surface area contributed by atoms with E-state index < -0.39 is 0 Å². The van der Waals surface area contributed by atoms with Crippen molar-refractivity contribution in [3.8, 4) is 0 Å². The molecule has 0 aromatic carbocycles. The molecule has 1 aliphatic rings. The standard InChI is InChI=1S/C12H19N3O2S/c1-2-5-10-11(18-14-13-10)12(17)15-7-4-3-6-9(15)8-16/h9,16H,2-8H2,1H3. The number of likely N-dealkylation sites (tertiary alicyclic amines) is 1. The van der Waals surface area contributed by atoms with Gasteiger partial charge in [-0.15, -0.1) is 5.10 Å². The summed E-state index contributed by atoms with van der Waals surface area (Å²) in [4.78, 5) is 14.9. The van der Waals surface area contributed by atoms with Crippen molar-refractivity contribution >= 4 is 17.4 Å². The second-order valence-corrected chi connectivity index (χ2v) is 5.38. The third-order valence-corrected chi connectivity index (χ3v) is 4.09. The van der Waals surface area contributed by atoms with E-state index in [9.17, 15) is 9.90 Å². The van der Waals surface area contributed by atoms with Gasteiger partial charge in [0.1, 0.15) is 4.88 Å². The number of amides is 1. The number of carbonyl (C=O) groups is 1.